The summed E-state index contributed by atoms with van der Waals surface area (Å²) in [6.45, 7) is 2.34. The highest BCUT2D eigenvalue weighted by atomic mass is 16.4. The molecule has 1 aromatic carbocycles. The molecule has 0 spiro atoms. The Hall–Kier alpha value is -1.88. The second-order valence-corrected chi connectivity index (χ2v) is 4.32. The number of carboxylic acids is 1. The predicted octanol–water partition coefficient (Wildman–Crippen LogP) is 1.24. The molecule has 18 heavy (non-hydrogen) atoms. The van der Waals surface area contributed by atoms with Gasteiger partial charge in [-0.1, -0.05) is 25.1 Å². The second-order valence-electron chi connectivity index (χ2n) is 4.32. The van der Waals surface area contributed by atoms with Gasteiger partial charge in [0.1, 0.15) is 0 Å². The van der Waals surface area contributed by atoms with Gasteiger partial charge in [-0.05, 0) is 24.1 Å². The van der Waals surface area contributed by atoms with Crippen molar-refractivity contribution in [1.82, 2.24) is 0 Å². The fraction of sp³-hybridized carbons (Fsp3) is 0.385. The third kappa shape index (κ3) is 4.55. The zero-order valence-corrected chi connectivity index (χ0v) is 10.3. The number of aliphatic carboxylic acids is 1. The SMILES string of the molecule is CC(CN)CC(=O)Nc1ccccc1CC(=O)O. The topological polar surface area (TPSA) is 92.4 Å². The molecule has 0 aromatic heterocycles. The lowest BCUT2D eigenvalue weighted by atomic mass is 10.1. The van der Waals surface area contributed by atoms with Crippen molar-refractivity contribution in [3.05, 3.63) is 29.8 Å². The van der Waals surface area contributed by atoms with Crippen LogP contribution in [0.5, 0.6) is 0 Å². The average molecular weight is 250 g/mol. The molecule has 0 aliphatic carbocycles. The van der Waals surface area contributed by atoms with Crippen LogP contribution in [0.25, 0.3) is 0 Å². The van der Waals surface area contributed by atoms with Crippen LogP contribution in [0.4, 0.5) is 5.69 Å². The number of hydrogen-bond acceptors (Lipinski definition) is 3. The van der Waals surface area contributed by atoms with E-state index >= 15 is 0 Å². The lowest BCUT2D eigenvalue weighted by molar-refractivity contribution is -0.136. The molecular weight excluding hydrogens is 232 g/mol. The number of benzene rings is 1. The van der Waals surface area contributed by atoms with E-state index in [-0.39, 0.29) is 18.2 Å². The first kappa shape index (κ1) is 14.2. The third-order valence-corrected chi connectivity index (χ3v) is 2.57. The van der Waals surface area contributed by atoms with Gasteiger partial charge in [-0.2, -0.15) is 0 Å². The summed E-state index contributed by atoms with van der Waals surface area (Å²) in [5.74, 6) is -0.963. The Kier molecular flexibility index (Phi) is 5.32. The van der Waals surface area contributed by atoms with Crippen LogP contribution in [-0.2, 0) is 16.0 Å². The number of hydrogen-bond donors (Lipinski definition) is 3. The van der Waals surface area contributed by atoms with Crippen LogP contribution in [0.15, 0.2) is 24.3 Å². The van der Waals surface area contributed by atoms with Crippen molar-refractivity contribution in [2.45, 2.75) is 19.8 Å². The molecule has 0 aliphatic heterocycles. The molecule has 98 valence electrons. The molecule has 4 N–H and O–H groups in total. The van der Waals surface area contributed by atoms with Gasteiger partial charge in [0.15, 0.2) is 0 Å². The Balaban J connectivity index is 2.71. The highest BCUT2D eigenvalue weighted by Crippen LogP contribution is 2.16. The Morgan fingerprint density at radius 2 is 2.06 bits per heavy atom. The molecule has 0 saturated carbocycles. The molecule has 0 bridgehead atoms. The first-order valence-electron chi connectivity index (χ1n) is 5.82. The molecule has 5 heteroatoms. The molecule has 0 heterocycles. The largest absolute Gasteiger partial charge is 0.481 e. The van der Waals surface area contributed by atoms with Crippen LogP contribution >= 0.6 is 0 Å². The smallest absolute Gasteiger partial charge is 0.307 e. The Morgan fingerprint density at radius 1 is 1.39 bits per heavy atom. The number of para-hydroxylation sites is 1. The van der Waals surface area contributed by atoms with Crippen molar-refractivity contribution >= 4 is 17.6 Å². The molecule has 0 saturated heterocycles. The fourth-order valence-electron chi connectivity index (χ4n) is 1.56. The summed E-state index contributed by atoms with van der Waals surface area (Å²) in [6.07, 6.45) is 0.223. The normalized spacial score (nSPS) is 11.9. The summed E-state index contributed by atoms with van der Waals surface area (Å²) >= 11 is 0. The maximum atomic E-state index is 11.7. The monoisotopic (exact) mass is 250 g/mol. The minimum atomic E-state index is -0.924. The number of amides is 1. The van der Waals surface area contributed by atoms with Gasteiger partial charge >= 0.3 is 5.97 Å². The first-order valence-corrected chi connectivity index (χ1v) is 5.82. The van der Waals surface area contributed by atoms with E-state index in [1.165, 1.54) is 0 Å². The number of carbonyl (C=O) groups excluding carboxylic acids is 1. The predicted molar refractivity (Wildman–Crippen MR) is 69.2 cm³/mol. The van der Waals surface area contributed by atoms with Gasteiger partial charge in [0.2, 0.25) is 5.91 Å². The van der Waals surface area contributed by atoms with E-state index in [1.807, 2.05) is 6.92 Å². The zero-order chi connectivity index (χ0) is 13.5. The van der Waals surface area contributed by atoms with E-state index in [0.717, 1.165) is 0 Å². The van der Waals surface area contributed by atoms with Gasteiger partial charge in [0, 0.05) is 12.1 Å². The second kappa shape index (κ2) is 6.76. The van der Waals surface area contributed by atoms with Crippen LogP contribution in [0, 0.1) is 5.92 Å². The molecule has 1 rings (SSSR count). The molecule has 1 unspecified atom stereocenters. The van der Waals surface area contributed by atoms with Crippen LogP contribution < -0.4 is 11.1 Å². The van der Waals surface area contributed by atoms with Crippen LogP contribution in [0.1, 0.15) is 18.9 Å². The van der Waals surface area contributed by atoms with Gasteiger partial charge in [-0.15, -0.1) is 0 Å². The third-order valence-electron chi connectivity index (χ3n) is 2.57. The molecule has 0 aliphatic rings. The molecule has 0 fully saturated rings. The summed E-state index contributed by atoms with van der Waals surface area (Å²) < 4.78 is 0. The van der Waals surface area contributed by atoms with E-state index in [1.54, 1.807) is 24.3 Å². The van der Waals surface area contributed by atoms with Gasteiger partial charge < -0.3 is 16.2 Å². The first-order chi connectivity index (χ1) is 8.52. The number of carbonyl (C=O) groups is 2. The van der Waals surface area contributed by atoms with Crippen molar-refractivity contribution in [2.75, 3.05) is 11.9 Å². The minimum absolute atomic E-state index is 0.108. The van der Waals surface area contributed by atoms with Gasteiger partial charge in [-0.3, -0.25) is 9.59 Å². The maximum Gasteiger partial charge on any atom is 0.307 e. The van der Waals surface area contributed by atoms with E-state index < -0.39 is 5.97 Å². The molecule has 0 radical (unpaired) electrons. The molecule has 1 amide bonds. The lowest BCUT2D eigenvalue weighted by Gasteiger charge is -2.11. The number of anilines is 1. The Bertz CT molecular complexity index is 432. The van der Waals surface area contributed by atoms with Crippen molar-refractivity contribution in [2.24, 2.45) is 11.7 Å². The summed E-state index contributed by atoms with van der Waals surface area (Å²) in [5, 5.41) is 11.5. The highest BCUT2D eigenvalue weighted by Gasteiger charge is 2.11. The van der Waals surface area contributed by atoms with Gasteiger partial charge in [-0.25, -0.2) is 0 Å². The van der Waals surface area contributed by atoms with E-state index in [2.05, 4.69) is 5.32 Å². The fourth-order valence-corrected chi connectivity index (χ4v) is 1.56. The highest BCUT2D eigenvalue weighted by molar-refractivity contribution is 5.92. The Morgan fingerprint density at radius 3 is 2.67 bits per heavy atom. The zero-order valence-electron chi connectivity index (χ0n) is 10.3. The summed E-state index contributed by atoms with van der Waals surface area (Å²) in [6, 6.07) is 6.89. The molecule has 1 aromatic rings. The summed E-state index contributed by atoms with van der Waals surface area (Å²) in [4.78, 5) is 22.4. The summed E-state index contributed by atoms with van der Waals surface area (Å²) in [5.41, 5.74) is 6.60. The van der Waals surface area contributed by atoms with Crippen LogP contribution in [-0.4, -0.2) is 23.5 Å². The number of rotatable bonds is 6. The average Bonchev–Trinajstić information content (AvgIpc) is 2.30. The lowest BCUT2D eigenvalue weighted by Crippen LogP contribution is -2.20. The van der Waals surface area contributed by atoms with Gasteiger partial charge in [0.25, 0.3) is 0 Å². The quantitative estimate of drug-likeness (QED) is 0.708. The maximum absolute atomic E-state index is 11.7. The van der Waals surface area contributed by atoms with Crippen molar-refractivity contribution in [3.63, 3.8) is 0 Å². The van der Waals surface area contributed by atoms with Crippen molar-refractivity contribution in [3.8, 4) is 0 Å². The molecule has 1 atom stereocenters. The standard InChI is InChI=1S/C13H18N2O3/c1-9(8-14)6-12(16)15-11-5-3-2-4-10(11)7-13(17)18/h2-5,9H,6-8,14H2,1H3,(H,15,16)(H,17,18). The molecule has 5 nitrogen and oxygen atoms in total. The number of nitrogens with two attached hydrogens (primary N) is 1. The van der Waals surface area contributed by atoms with Crippen molar-refractivity contribution < 1.29 is 14.7 Å². The van der Waals surface area contributed by atoms with Gasteiger partial charge in [0.05, 0.1) is 6.42 Å². The Labute approximate surface area is 106 Å². The number of carboxylic acid groups (broad SMARTS) is 1. The van der Waals surface area contributed by atoms with E-state index in [9.17, 15) is 9.59 Å². The van der Waals surface area contributed by atoms with E-state index in [4.69, 9.17) is 10.8 Å². The van der Waals surface area contributed by atoms with Crippen LogP contribution in [0.3, 0.4) is 0 Å². The van der Waals surface area contributed by atoms with E-state index in [0.29, 0.717) is 24.2 Å². The summed E-state index contributed by atoms with van der Waals surface area (Å²) in [7, 11) is 0. The number of nitrogens with one attached hydrogen (secondary N) is 1. The minimum Gasteiger partial charge on any atom is -0.481 e. The van der Waals surface area contributed by atoms with Crippen molar-refractivity contribution in [1.29, 1.82) is 0 Å². The molecular formula is C13H18N2O3. The van der Waals surface area contributed by atoms with Crippen LogP contribution in [0.2, 0.25) is 0 Å².